The largest absolute Gasteiger partial charge is 0.573 e. The SMILES string of the molecule is CC.COC(=O)C[C@@H](NC(=O)OC(C)(C)C)c1cccc(-n2c(C(=O)O)cc3ccc(OC(F)(F)F)cc32)c1. The Labute approximate surface area is 223 Å². The van der Waals surface area contributed by atoms with Crippen molar-refractivity contribution in [2.45, 2.75) is 59.0 Å². The molecule has 1 aromatic heterocycles. The van der Waals surface area contributed by atoms with E-state index in [-0.39, 0.29) is 23.3 Å². The summed E-state index contributed by atoms with van der Waals surface area (Å²) in [6, 6.07) is 10.1. The lowest BCUT2D eigenvalue weighted by Crippen LogP contribution is -2.36. The van der Waals surface area contributed by atoms with E-state index < -0.39 is 41.8 Å². The molecule has 9 nitrogen and oxygen atoms in total. The number of amides is 1. The molecule has 0 aliphatic carbocycles. The number of aromatic carboxylic acids is 1. The van der Waals surface area contributed by atoms with Crippen molar-refractivity contribution in [2.75, 3.05) is 7.11 Å². The number of carboxylic acid groups (broad SMARTS) is 1. The number of carboxylic acids is 1. The monoisotopic (exact) mass is 552 g/mol. The maximum atomic E-state index is 12.8. The van der Waals surface area contributed by atoms with Crippen LogP contribution in [-0.4, -0.2) is 46.8 Å². The summed E-state index contributed by atoms with van der Waals surface area (Å²) in [5.74, 6) is -2.47. The summed E-state index contributed by atoms with van der Waals surface area (Å²) in [6.07, 6.45) is -5.99. The van der Waals surface area contributed by atoms with Crippen LogP contribution in [-0.2, 0) is 14.3 Å². The molecule has 0 unspecified atom stereocenters. The molecule has 0 saturated heterocycles. The predicted molar refractivity (Wildman–Crippen MR) is 137 cm³/mol. The van der Waals surface area contributed by atoms with Crippen LogP contribution in [0.4, 0.5) is 18.0 Å². The lowest BCUT2D eigenvalue weighted by atomic mass is 10.0. The van der Waals surface area contributed by atoms with Gasteiger partial charge in [-0.05, 0) is 56.7 Å². The van der Waals surface area contributed by atoms with E-state index in [1.54, 1.807) is 32.9 Å². The Morgan fingerprint density at radius 3 is 2.26 bits per heavy atom. The van der Waals surface area contributed by atoms with Gasteiger partial charge in [0.2, 0.25) is 0 Å². The van der Waals surface area contributed by atoms with Crippen LogP contribution in [0, 0.1) is 0 Å². The van der Waals surface area contributed by atoms with Crippen molar-refractivity contribution in [3.8, 4) is 11.4 Å². The van der Waals surface area contributed by atoms with E-state index in [0.29, 0.717) is 10.9 Å². The quantitative estimate of drug-likeness (QED) is 0.327. The van der Waals surface area contributed by atoms with Crippen LogP contribution in [0.3, 0.4) is 0 Å². The number of aromatic nitrogens is 1. The molecule has 3 rings (SSSR count). The number of alkyl halides is 3. The zero-order valence-corrected chi connectivity index (χ0v) is 22.4. The highest BCUT2D eigenvalue weighted by Crippen LogP contribution is 2.32. The van der Waals surface area contributed by atoms with Crippen molar-refractivity contribution < 1.29 is 46.9 Å². The number of carbonyl (C=O) groups is 3. The van der Waals surface area contributed by atoms with Crippen molar-refractivity contribution in [1.29, 1.82) is 0 Å². The summed E-state index contributed by atoms with van der Waals surface area (Å²) in [4.78, 5) is 36.5. The average Bonchev–Trinajstić information content (AvgIpc) is 3.22. The molecule has 12 heteroatoms. The van der Waals surface area contributed by atoms with Gasteiger partial charge in [-0.2, -0.15) is 0 Å². The Morgan fingerprint density at radius 1 is 1.03 bits per heavy atom. The second kappa shape index (κ2) is 12.5. The number of hydrogen-bond donors (Lipinski definition) is 2. The van der Waals surface area contributed by atoms with Crippen LogP contribution in [0.2, 0.25) is 0 Å². The molecule has 1 amide bonds. The number of carbonyl (C=O) groups excluding carboxylic acids is 2. The van der Waals surface area contributed by atoms with Crippen LogP contribution in [0.5, 0.6) is 5.75 Å². The summed E-state index contributed by atoms with van der Waals surface area (Å²) >= 11 is 0. The first-order valence-electron chi connectivity index (χ1n) is 12.0. The fourth-order valence-electron chi connectivity index (χ4n) is 3.65. The second-order valence-corrected chi connectivity index (χ2v) is 9.01. The zero-order valence-electron chi connectivity index (χ0n) is 22.4. The maximum absolute atomic E-state index is 12.8. The number of nitrogens with zero attached hydrogens (tertiary/aromatic N) is 1. The molecule has 2 aromatic carbocycles. The van der Waals surface area contributed by atoms with Crippen LogP contribution in [0.15, 0.2) is 48.5 Å². The van der Waals surface area contributed by atoms with E-state index in [4.69, 9.17) is 9.47 Å². The fraction of sp³-hybridized carbons (Fsp3) is 0.370. The van der Waals surface area contributed by atoms with Gasteiger partial charge in [-0.15, -0.1) is 13.2 Å². The number of alkyl carbamates (subject to hydrolysis) is 1. The van der Waals surface area contributed by atoms with E-state index in [1.807, 2.05) is 13.8 Å². The van der Waals surface area contributed by atoms with Gasteiger partial charge in [0.15, 0.2) is 0 Å². The maximum Gasteiger partial charge on any atom is 0.573 e. The summed E-state index contributed by atoms with van der Waals surface area (Å²) in [5, 5.41) is 12.7. The Morgan fingerprint density at radius 2 is 1.69 bits per heavy atom. The lowest BCUT2D eigenvalue weighted by Gasteiger charge is -2.24. The standard InChI is InChI=1S/C25H25F3N2O7.C2H6/c1-24(2,3)37-23(34)29-18(13-21(31)35-4)14-6-5-7-16(10-14)30-19-12-17(36-25(26,27)28)9-8-15(19)11-20(30)22(32)33;1-2/h5-12,18H,13H2,1-4H3,(H,29,34)(H,32,33);1-2H3/t18-;/m1./s1. The molecule has 2 N–H and O–H groups in total. The number of fused-ring (bicyclic) bond motifs is 1. The van der Waals surface area contributed by atoms with E-state index in [1.165, 1.54) is 35.9 Å². The van der Waals surface area contributed by atoms with Gasteiger partial charge in [0, 0.05) is 17.1 Å². The Kier molecular flexibility index (Phi) is 9.98. The summed E-state index contributed by atoms with van der Waals surface area (Å²) in [5.41, 5.74) is -0.232. The molecule has 0 fully saturated rings. The Bertz CT molecular complexity index is 1330. The van der Waals surface area contributed by atoms with Crippen molar-refractivity contribution in [1.82, 2.24) is 9.88 Å². The van der Waals surface area contributed by atoms with Gasteiger partial charge in [0.1, 0.15) is 17.0 Å². The number of nitrogens with one attached hydrogen (secondary N) is 1. The highest BCUT2D eigenvalue weighted by Gasteiger charge is 2.31. The minimum atomic E-state index is -4.94. The molecule has 0 spiro atoms. The molecule has 0 bridgehead atoms. The summed E-state index contributed by atoms with van der Waals surface area (Å²) in [7, 11) is 1.19. The highest BCUT2D eigenvalue weighted by atomic mass is 19.4. The normalized spacial score (nSPS) is 12.1. The van der Waals surface area contributed by atoms with Gasteiger partial charge < -0.3 is 29.2 Å². The van der Waals surface area contributed by atoms with Crippen molar-refractivity contribution in [2.24, 2.45) is 0 Å². The van der Waals surface area contributed by atoms with Crippen LogP contribution in [0.1, 0.15) is 63.1 Å². The molecular weight excluding hydrogens is 521 g/mol. The first-order valence-corrected chi connectivity index (χ1v) is 12.0. The van der Waals surface area contributed by atoms with E-state index in [9.17, 15) is 32.7 Å². The number of hydrogen-bond acceptors (Lipinski definition) is 6. The smallest absolute Gasteiger partial charge is 0.477 e. The zero-order chi connectivity index (χ0) is 29.5. The fourth-order valence-corrected chi connectivity index (χ4v) is 3.65. The van der Waals surface area contributed by atoms with Crippen molar-refractivity contribution >= 4 is 28.9 Å². The number of rotatable bonds is 7. The third-order valence-electron chi connectivity index (χ3n) is 5.05. The van der Waals surface area contributed by atoms with Gasteiger partial charge in [0.05, 0.1) is 25.1 Å². The number of benzene rings is 2. The molecule has 1 heterocycles. The first kappa shape index (κ1) is 31.0. The van der Waals surface area contributed by atoms with Gasteiger partial charge in [-0.3, -0.25) is 4.79 Å². The molecule has 0 radical (unpaired) electrons. The minimum absolute atomic E-state index is 0.140. The molecule has 3 aromatic rings. The van der Waals surface area contributed by atoms with E-state index >= 15 is 0 Å². The Hall–Kier alpha value is -4.22. The molecule has 0 aliphatic heterocycles. The van der Waals surface area contributed by atoms with Crippen LogP contribution in [0.25, 0.3) is 16.6 Å². The second-order valence-electron chi connectivity index (χ2n) is 9.01. The minimum Gasteiger partial charge on any atom is -0.477 e. The number of methoxy groups -OCH3 is 1. The van der Waals surface area contributed by atoms with Gasteiger partial charge >= 0.3 is 24.4 Å². The van der Waals surface area contributed by atoms with Crippen LogP contribution < -0.4 is 10.1 Å². The first-order chi connectivity index (χ1) is 18.2. The molecule has 1 atom stereocenters. The number of halogens is 3. The molecule has 0 saturated carbocycles. The number of ether oxygens (including phenoxy) is 3. The molecular formula is C27H31F3N2O7. The third-order valence-corrected chi connectivity index (χ3v) is 5.05. The summed E-state index contributed by atoms with van der Waals surface area (Å²) in [6.45, 7) is 9.01. The van der Waals surface area contributed by atoms with Gasteiger partial charge in [0.25, 0.3) is 0 Å². The highest BCUT2D eigenvalue weighted by molar-refractivity contribution is 5.96. The molecule has 212 valence electrons. The van der Waals surface area contributed by atoms with Crippen LogP contribution >= 0.6 is 0 Å². The van der Waals surface area contributed by atoms with Gasteiger partial charge in [-0.25, -0.2) is 9.59 Å². The summed E-state index contributed by atoms with van der Waals surface area (Å²) < 4.78 is 53.6. The number of esters is 1. The van der Waals surface area contributed by atoms with Crippen molar-refractivity contribution in [3.05, 3.63) is 59.8 Å². The topological polar surface area (TPSA) is 116 Å². The molecule has 0 aliphatic rings. The average molecular weight is 553 g/mol. The van der Waals surface area contributed by atoms with E-state index in [2.05, 4.69) is 10.1 Å². The van der Waals surface area contributed by atoms with Gasteiger partial charge in [-0.1, -0.05) is 26.0 Å². The lowest BCUT2D eigenvalue weighted by molar-refractivity contribution is -0.274. The Balaban J connectivity index is 0.00000260. The predicted octanol–water partition coefficient (Wildman–Crippen LogP) is 6.38. The van der Waals surface area contributed by atoms with E-state index in [0.717, 1.165) is 12.1 Å². The van der Waals surface area contributed by atoms with Crippen molar-refractivity contribution in [3.63, 3.8) is 0 Å². The molecule has 39 heavy (non-hydrogen) atoms. The third kappa shape index (κ3) is 8.66.